The van der Waals surface area contributed by atoms with Gasteiger partial charge in [0.25, 0.3) is 0 Å². The van der Waals surface area contributed by atoms with Crippen LogP contribution in [0.25, 0.3) is 0 Å². The summed E-state index contributed by atoms with van der Waals surface area (Å²) in [6.45, 7) is 0.680. The van der Waals surface area contributed by atoms with Crippen molar-refractivity contribution in [2.24, 2.45) is 5.92 Å². The van der Waals surface area contributed by atoms with E-state index in [1.165, 1.54) is 19.3 Å². The number of nitrogens with zero attached hydrogens (tertiary/aromatic N) is 1. The van der Waals surface area contributed by atoms with Gasteiger partial charge < -0.3 is 15.3 Å². The van der Waals surface area contributed by atoms with Crippen LogP contribution in [0.5, 0.6) is 0 Å². The predicted molar refractivity (Wildman–Crippen MR) is 71.4 cm³/mol. The van der Waals surface area contributed by atoms with E-state index >= 15 is 0 Å². The Kier molecular flexibility index (Phi) is 4.87. The maximum atomic E-state index is 12.0. The minimum absolute atomic E-state index is 0.0275. The van der Waals surface area contributed by atoms with Crippen LogP contribution in [0, 0.1) is 5.92 Å². The molecule has 0 aromatic rings. The highest BCUT2D eigenvalue weighted by Crippen LogP contribution is 2.25. The van der Waals surface area contributed by atoms with Gasteiger partial charge in [-0.2, -0.15) is 0 Å². The molecule has 4 heteroatoms. The van der Waals surface area contributed by atoms with Crippen molar-refractivity contribution in [3.63, 3.8) is 0 Å². The van der Waals surface area contributed by atoms with Crippen LogP contribution in [-0.4, -0.2) is 41.8 Å². The molecule has 2 unspecified atom stereocenters. The second-order valence-electron chi connectivity index (χ2n) is 5.92. The number of aliphatic hydroxyl groups excluding tert-OH is 1. The van der Waals surface area contributed by atoms with Gasteiger partial charge in [0.1, 0.15) is 0 Å². The number of amides is 2. The first kappa shape index (κ1) is 13.7. The van der Waals surface area contributed by atoms with Gasteiger partial charge in [-0.1, -0.05) is 25.7 Å². The van der Waals surface area contributed by atoms with E-state index in [4.69, 9.17) is 0 Å². The molecule has 2 N–H and O–H groups in total. The zero-order chi connectivity index (χ0) is 13.0. The van der Waals surface area contributed by atoms with Crippen molar-refractivity contribution in [2.75, 3.05) is 13.6 Å². The highest BCUT2D eigenvalue weighted by molar-refractivity contribution is 5.74. The lowest BCUT2D eigenvalue weighted by Gasteiger charge is -2.31. The Morgan fingerprint density at radius 3 is 2.44 bits per heavy atom. The van der Waals surface area contributed by atoms with E-state index in [0.717, 1.165) is 32.1 Å². The third-order valence-electron chi connectivity index (χ3n) is 4.41. The molecular formula is C14H26N2O2. The van der Waals surface area contributed by atoms with Gasteiger partial charge in [-0.05, 0) is 25.7 Å². The summed E-state index contributed by atoms with van der Waals surface area (Å²) >= 11 is 0. The van der Waals surface area contributed by atoms with Crippen LogP contribution < -0.4 is 5.32 Å². The molecule has 0 saturated heterocycles. The Balaban J connectivity index is 1.75. The Morgan fingerprint density at radius 2 is 1.78 bits per heavy atom. The summed E-state index contributed by atoms with van der Waals surface area (Å²) in [6, 6.07) is 0.399. The van der Waals surface area contributed by atoms with E-state index in [0.29, 0.717) is 12.6 Å². The fourth-order valence-electron chi connectivity index (χ4n) is 3.19. The van der Waals surface area contributed by atoms with Crippen molar-refractivity contribution in [1.82, 2.24) is 10.2 Å². The number of hydrogen-bond donors (Lipinski definition) is 2. The van der Waals surface area contributed by atoms with Gasteiger partial charge in [0.15, 0.2) is 0 Å². The summed E-state index contributed by atoms with van der Waals surface area (Å²) in [6.07, 6.45) is 8.71. The van der Waals surface area contributed by atoms with Gasteiger partial charge >= 0.3 is 6.03 Å². The molecule has 18 heavy (non-hydrogen) atoms. The summed E-state index contributed by atoms with van der Waals surface area (Å²) in [5.74, 6) is 0.262. The average Bonchev–Trinajstić information content (AvgIpc) is 2.84. The molecule has 2 amide bonds. The summed E-state index contributed by atoms with van der Waals surface area (Å²) < 4.78 is 0. The van der Waals surface area contributed by atoms with Gasteiger partial charge in [0.05, 0.1) is 6.10 Å². The Labute approximate surface area is 110 Å². The van der Waals surface area contributed by atoms with E-state index in [-0.39, 0.29) is 18.1 Å². The second kappa shape index (κ2) is 6.41. The predicted octanol–water partition coefficient (Wildman–Crippen LogP) is 2.12. The fraction of sp³-hybridized carbons (Fsp3) is 0.929. The average molecular weight is 254 g/mol. The van der Waals surface area contributed by atoms with Crippen LogP contribution in [0.15, 0.2) is 0 Å². The molecule has 4 nitrogen and oxygen atoms in total. The largest absolute Gasteiger partial charge is 0.393 e. The molecule has 0 heterocycles. The van der Waals surface area contributed by atoms with E-state index in [2.05, 4.69) is 5.32 Å². The molecule has 0 aromatic heterocycles. The van der Waals surface area contributed by atoms with Crippen molar-refractivity contribution in [3.05, 3.63) is 0 Å². The van der Waals surface area contributed by atoms with E-state index < -0.39 is 0 Å². The van der Waals surface area contributed by atoms with Crippen LogP contribution in [-0.2, 0) is 0 Å². The molecular weight excluding hydrogens is 228 g/mol. The monoisotopic (exact) mass is 254 g/mol. The fourth-order valence-corrected chi connectivity index (χ4v) is 3.19. The highest BCUT2D eigenvalue weighted by Gasteiger charge is 2.26. The molecule has 2 aliphatic carbocycles. The summed E-state index contributed by atoms with van der Waals surface area (Å²) in [4.78, 5) is 13.8. The van der Waals surface area contributed by atoms with Crippen LogP contribution in [0.4, 0.5) is 4.79 Å². The number of nitrogens with one attached hydrogen (secondary N) is 1. The van der Waals surface area contributed by atoms with Crippen molar-refractivity contribution in [3.8, 4) is 0 Å². The molecule has 0 aliphatic heterocycles. The first-order valence-corrected chi connectivity index (χ1v) is 7.36. The van der Waals surface area contributed by atoms with E-state index in [9.17, 15) is 9.90 Å². The number of urea groups is 1. The molecule has 2 atom stereocenters. The van der Waals surface area contributed by atoms with Crippen molar-refractivity contribution in [2.45, 2.75) is 63.5 Å². The standard InChI is InChI=1S/C14H26N2O2/c1-16(10-11-6-2-5-9-13(11)17)14(18)15-12-7-3-4-8-12/h11-13,17H,2-10H2,1H3,(H,15,18). The molecule has 0 aromatic carbocycles. The molecule has 104 valence electrons. The van der Waals surface area contributed by atoms with Crippen molar-refractivity contribution >= 4 is 6.03 Å². The van der Waals surface area contributed by atoms with Gasteiger partial charge in [-0.15, -0.1) is 0 Å². The van der Waals surface area contributed by atoms with Crippen LogP contribution in [0.1, 0.15) is 51.4 Å². The molecule has 2 rings (SSSR count). The zero-order valence-corrected chi connectivity index (χ0v) is 11.4. The Morgan fingerprint density at radius 1 is 1.17 bits per heavy atom. The summed E-state index contributed by atoms with van der Waals surface area (Å²) in [7, 11) is 1.84. The molecule has 2 aliphatic rings. The third-order valence-corrected chi connectivity index (χ3v) is 4.41. The summed E-state index contributed by atoms with van der Waals surface area (Å²) in [5.41, 5.74) is 0. The SMILES string of the molecule is CN(CC1CCCCC1O)C(=O)NC1CCCC1. The summed E-state index contributed by atoms with van der Waals surface area (Å²) in [5, 5.41) is 13.0. The van der Waals surface area contributed by atoms with Crippen LogP contribution in [0.3, 0.4) is 0 Å². The molecule has 2 saturated carbocycles. The zero-order valence-electron chi connectivity index (χ0n) is 11.4. The van der Waals surface area contributed by atoms with Gasteiger partial charge in [0.2, 0.25) is 0 Å². The molecule has 0 bridgehead atoms. The third kappa shape index (κ3) is 3.61. The van der Waals surface area contributed by atoms with Crippen LogP contribution in [0.2, 0.25) is 0 Å². The van der Waals surface area contributed by atoms with Crippen molar-refractivity contribution < 1.29 is 9.90 Å². The van der Waals surface area contributed by atoms with Gasteiger partial charge in [0, 0.05) is 25.6 Å². The first-order valence-electron chi connectivity index (χ1n) is 7.36. The van der Waals surface area contributed by atoms with E-state index in [1.807, 2.05) is 7.05 Å². The number of carbonyl (C=O) groups excluding carboxylic acids is 1. The van der Waals surface area contributed by atoms with Crippen molar-refractivity contribution in [1.29, 1.82) is 0 Å². The smallest absolute Gasteiger partial charge is 0.317 e. The lowest BCUT2D eigenvalue weighted by Crippen LogP contribution is -2.45. The maximum absolute atomic E-state index is 12.0. The van der Waals surface area contributed by atoms with Gasteiger partial charge in [-0.3, -0.25) is 0 Å². The number of hydrogen-bond acceptors (Lipinski definition) is 2. The quantitative estimate of drug-likeness (QED) is 0.810. The molecule has 0 spiro atoms. The lowest BCUT2D eigenvalue weighted by molar-refractivity contribution is 0.0563. The number of carbonyl (C=O) groups is 1. The minimum Gasteiger partial charge on any atom is -0.393 e. The highest BCUT2D eigenvalue weighted by atomic mass is 16.3. The minimum atomic E-state index is -0.222. The van der Waals surface area contributed by atoms with E-state index in [1.54, 1.807) is 4.90 Å². The molecule has 0 radical (unpaired) electrons. The maximum Gasteiger partial charge on any atom is 0.317 e. The topological polar surface area (TPSA) is 52.6 Å². The Bertz CT molecular complexity index is 277. The number of aliphatic hydroxyl groups is 1. The second-order valence-corrected chi connectivity index (χ2v) is 5.92. The Hall–Kier alpha value is -0.770. The van der Waals surface area contributed by atoms with Gasteiger partial charge in [-0.25, -0.2) is 4.79 Å². The molecule has 2 fully saturated rings. The van der Waals surface area contributed by atoms with Crippen LogP contribution >= 0.6 is 0 Å². The lowest BCUT2D eigenvalue weighted by atomic mass is 9.86. The normalized spacial score (nSPS) is 29.2. The number of rotatable bonds is 3. The first-order chi connectivity index (χ1) is 8.66.